The van der Waals surface area contributed by atoms with Crippen LogP contribution >= 0.6 is 0 Å². The van der Waals surface area contributed by atoms with Gasteiger partial charge in [0.2, 0.25) is 5.75 Å². The van der Waals surface area contributed by atoms with Crippen molar-refractivity contribution in [2.24, 2.45) is 0 Å². The summed E-state index contributed by atoms with van der Waals surface area (Å²) in [4.78, 5) is 11.9. The number of hydrogen-bond acceptors (Lipinski definition) is 6. The predicted molar refractivity (Wildman–Crippen MR) is 74.6 cm³/mol. The summed E-state index contributed by atoms with van der Waals surface area (Å²) in [6.45, 7) is 0. The molecule has 0 amide bonds. The lowest BCUT2D eigenvalue weighted by molar-refractivity contribution is 0.104. The van der Waals surface area contributed by atoms with Crippen LogP contribution in [0.5, 0.6) is 28.7 Å². The summed E-state index contributed by atoms with van der Waals surface area (Å²) >= 11 is 0. The van der Waals surface area contributed by atoms with Crippen LogP contribution in [0.25, 0.3) is 6.08 Å². The fourth-order valence-electron chi connectivity index (χ4n) is 1.71. The lowest BCUT2D eigenvalue weighted by atomic mass is 10.1. The van der Waals surface area contributed by atoms with E-state index in [1.807, 2.05) is 0 Å². The first-order valence-electron chi connectivity index (χ1n) is 5.88. The van der Waals surface area contributed by atoms with E-state index in [0.29, 0.717) is 5.56 Å². The van der Waals surface area contributed by atoms with Crippen LogP contribution in [0.2, 0.25) is 0 Å². The second kappa shape index (κ2) is 5.46. The zero-order valence-corrected chi connectivity index (χ0v) is 10.7. The molecular formula is C15H12O6. The van der Waals surface area contributed by atoms with Crippen LogP contribution in [0.1, 0.15) is 15.9 Å². The van der Waals surface area contributed by atoms with Crippen molar-refractivity contribution in [3.05, 3.63) is 47.5 Å². The normalized spacial score (nSPS) is 10.9. The van der Waals surface area contributed by atoms with E-state index in [0.717, 1.165) is 12.1 Å². The van der Waals surface area contributed by atoms with E-state index in [1.54, 1.807) is 12.1 Å². The third-order valence-electron chi connectivity index (χ3n) is 2.80. The minimum Gasteiger partial charge on any atom is -0.508 e. The van der Waals surface area contributed by atoms with Crippen molar-refractivity contribution in [1.82, 2.24) is 0 Å². The van der Waals surface area contributed by atoms with E-state index in [9.17, 15) is 25.2 Å². The number of allylic oxidation sites excluding steroid dienone is 1. The quantitative estimate of drug-likeness (QED) is 0.255. The minimum atomic E-state index is -0.896. The fraction of sp³-hybridized carbons (Fsp3) is 0. The van der Waals surface area contributed by atoms with Crippen LogP contribution in [0, 0.1) is 0 Å². The molecule has 0 aliphatic heterocycles. The highest BCUT2D eigenvalue weighted by Gasteiger charge is 2.20. The Labute approximate surface area is 119 Å². The number of rotatable bonds is 3. The van der Waals surface area contributed by atoms with Crippen LogP contribution in [0.15, 0.2) is 36.4 Å². The number of hydrogen-bond donors (Lipinski definition) is 5. The third-order valence-corrected chi connectivity index (χ3v) is 2.80. The molecule has 5 N–H and O–H groups in total. The van der Waals surface area contributed by atoms with Gasteiger partial charge in [-0.1, -0.05) is 18.2 Å². The number of carbonyl (C=O) groups excluding carboxylic acids is 1. The molecule has 108 valence electrons. The summed E-state index contributed by atoms with van der Waals surface area (Å²) in [5.74, 6) is -3.83. The first-order valence-corrected chi connectivity index (χ1v) is 5.88. The number of ketones is 1. The molecule has 0 aliphatic carbocycles. The highest BCUT2D eigenvalue weighted by atomic mass is 16.3. The Morgan fingerprint density at radius 3 is 2.10 bits per heavy atom. The van der Waals surface area contributed by atoms with Gasteiger partial charge >= 0.3 is 0 Å². The smallest absolute Gasteiger partial charge is 0.201 e. The van der Waals surface area contributed by atoms with E-state index in [1.165, 1.54) is 18.2 Å². The molecule has 0 aliphatic rings. The van der Waals surface area contributed by atoms with E-state index in [2.05, 4.69) is 0 Å². The Morgan fingerprint density at radius 1 is 0.857 bits per heavy atom. The van der Waals surface area contributed by atoms with Gasteiger partial charge in [0, 0.05) is 6.07 Å². The molecule has 21 heavy (non-hydrogen) atoms. The van der Waals surface area contributed by atoms with Crippen LogP contribution in [0.3, 0.4) is 0 Å². The van der Waals surface area contributed by atoms with Crippen LogP contribution < -0.4 is 0 Å². The Kier molecular flexibility index (Phi) is 3.71. The maximum absolute atomic E-state index is 11.9. The van der Waals surface area contributed by atoms with Crippen molar-refractivity contribution in [3.8, 4) is 28.7 Å². The Balaban J connectivity index is 2.33. The topological polar surface area (TPSA) is 118 Å². The number of phenols is 5. The van der Waals surface area contributed by atoms with Gasteiger partial charge in [-0.15, -0.1) is 0 Å². The lowest BCUT2D eigenvalue weighted by Gasteiger charge is -2.07. The summed E-state index contributed by atoms with van der Waals surface area (Å²) < 4.78 is 0. The molecule has 0 atom stereocenters. The summed E-state index contributed by atoms with van der Waals surface area (Å²) in [5.41, 5.74) is 0.100. The number of aromatic hydroxyl groups is 5. The van der Waals surface area contributed by atoms with Gasteiger partial charge in [0.05, 0.1) is 0 Å². The van der Waals surface area contributed by atoms with Gasteiger partial charge in [0.15, 0.2) is 17.3 Å². The second-order valence-electron chi connectivity index (χ2n) is 4.28. The maximum atomic E-state index is 11.9. The molecule has 0 saturated heterocycles. The molecule has 6 heteroatoms. The predicted octanol–water partition coefficient (Wildman–Crippen LogP) is 2.11. The van der Waals surface area contributed by atoms with Crippen molar-refractivity contribution in [2.45, 2.75) is 0 Å². The molecule has 2 aromatic rings. The molecule has 0 radical (unpaired) electrons. The summed E-state index contributed by atoms with van der Waals surface area (Å²) in [6, 6.07) is 6.76. The molecule has 0 saturated carbocycles. The molecule has 2 aromatic carbocycles. The maximum Gasteiger partial charge on any atom is 0.201 e. The summed E-state index contributed by atoms with van der Waals surface area (Å²) in [5, 5.41) is 46.9. The average Bonchev–Trinajstić information content (AvgIpc) is 2.44. The largest absolute Gasteiger partial charge is 0.508 e. The number of carbonyl (C=O) groups is 1. The monoisotopic (exact) mass is 288 g/mol. The molecule has 0 bridgehead atoms. The third kappa shape index (κ3) is 2.89. The molecule has 0 heterocycles. The minimum absolute atomic E-state index is 0.0808. The zero-order valence-electron chi connectivity index (χ0n) is 10.7. The van der Waals surface area contributed by atoms with E-state index in [-0.39, 0.29) is 5.75 Å². The molecular weight excluding hydrogens is 276 g/mol. The first-order chi connectivity index (χ1) is 9.90. The first kappa shape index (κ1) is 14.3. The van der Waals surface area contributed by atoms with Crippen molar-refractivity contribution < 1.29 is 30.3 Å². The average molecular weight is 288 g/mol. The fourth-order valence-corrected chi connectivity index (χ4v) is 1.71. The molecule has 2 rings (SSSR count). The SMILES string of the molecule is O=C(/C=C/c1ccc(O)cc1)c1c(O)cc(O)c(O)c1O. The van der Waals surface area contributed by atoms with Crippen molar-refractivity contribution >= 4 is 11.9 Å². The van der Waals surface area contributed by atoms with Gasteiger partial charge < -0.3 is 25.5 Å². The van der Waals surface area contributed by atoms with Crippen molar-refractivity contribution in [2.75, 3.05) is 0 Å². The summed E-state index contributed by atoms with van der Waals surface area (Å²) in [6.07, 6.45) is 2.49. The van der Waals surface area contributed by atoms with Gasteiger partial charge in [-0.3, -0.25) is 4.79 Å². The van der Waals surface area contributed by atoms with Gasteiger partial charge in [-0.2, -0.15) is 0 Å². The zero-order chi connectivity index (χ0) is 15.6. The number of benzene rings is 2. The Hall–Kier alpha value is -3.15. The van der Waals surface area contributed by atoms with E-state index >= 15 is 0 Å². The van der Waals surface area contributed by atoms with Crippen molar-refractivity contribution in [1.29, 1.82) is 0 Å². The van der Waals surface area contributed by atoms with Crippen LogP contribution in [-0.2, 0) is 0 Å². The number of phenolic OH excluding ortho intramolecular Hbond substituents is 5. The Morgan fingerprint density at radius 2 is 1.48 bits per heavy atom. The van der Waals surface area contributed by atoms with E-state index in [4.69, 9.17) is 5.11 Å². The highest BCUT2D eigenvalue weighted by Crippen LogP contribution is 2.42. The molecule has 6 nitrogen and oxygen atoms in total. The van der Waals surface area contributed by atoms with Gasteiger partial charge in [0.1, 0.15) is 17.1 Å². The lowest BCUT2D eigenvalue weighted by Crippen LogP contribution is -1.96. The molecule has 0 unspecified atom stereocenters. The molecule has 0 aromatic heterocycles. The molecule has 0 spiro atoms. The highest BCUT2D eigenvalue weighted by molar-refractivity contribution is 6.11. The Bertz CT molecular complexity index is 716. The van der Waals surface area contributed by atoms with Crippen molar-refractivity contribution in [3.63, 3.8) is 0 Å². The van der Waals surface area contributed by atoms with Crippen LogP contribution in [-0.4, -0.2) is 31.3 Å². The van der Waals surface area contributed by atoms with Gasteiger partial charge in [0.25, 0.3) is 0 Å². The summed E-state index contributed by atoms with van der Waals surface area (Å²) in [7, 11) is 0. The molecule has 0 fully saturated rings. The second-order valence-corrected chi connectivity index (χ2v) is 4.28. The van der Waals surface area contributed by atoms with Gasteiger partial charge in [-0.05, 0) is 23.8 Å². The van der Waals surface area contributed by atoms with Crippen LogP contribution in [0.4, 0.5) is 0 Å². The van der Waals surface area contributed by atoms with E-state index < -0.39 is 34.3 Å². The van der Waals surface area contributed by atoms with Gasteiger partial charge in [-0.25, -0.2) is 0 Å². The standard InChI is InChI=1S/C15H12O6/c16-9-4-1-8(2-5-9)3-6-10(17)13-11(18)7-12(19)14(20)15(13)21/h1-7,16,18-21H/b6-3+.